The Labute approximate surface area is 146 Å². The second kappa shape index (κ2) is 8.03. The largest absolute Gasteiger partial charge is 0.396 e. The summed E-state index contributed by atoms with van der Waals surface area (Å²) in [7, 11) is 0. The van der Waals surface area contributed by atoms with Gasteiger partial charge in [0.15, 0.2) is 0 Å². The van der Waals surface area contributed by atoms with Gasteiger partial charge in [0, 0.05) is 41.3 Å². The van der Waals surface area contributed by atoms with Crippen LogP contribution in [0.2, 0.25) is 0 Å². The molecule has 1 atom stereocenters. The fourth-order valence-electron chi connectivity index (χ4n) is 3.02. The van der Waals surface area contributed by atoms with Gasteiger partial charge in [0.1, 0.15) is 0 Å². The molecule has 1 aromatic rings. The SMILES string of the molecule is O=C(N[C@H]1CCCN(C(=O)C2CC2)C1)c1ccc(SCCO)cc1. The first-order valence-electron chi connectivity index (χ1n) is 8.61. The molecular formula is C18H24N2O3S. The van der Waals surface area contributed by atoms with Gasteiger partial charge in [0.25, 0.3) is 5.91 Å². The molecule has 130 valence electrons. The zero-order chi connectivity index (χ0) is 16.9. The van der Waals surface area contributed by atoms with Crippen LogP contribution in [0.15, 0.2) is 29.2 Å². The number of amides is 2. The highest BCUT2D eigenvalue weighted by Gasteiger charge is 2.35. The lowest BCUT2D eigenvalue weighted by atomic mass is 10.0. The maximum absolute atomic E-state index is 12.4. The van der Waals surface area contributed by atoms with Crippen molar-refractivity contribution in [2.45, 2.75) is 36.6 Å². The number of carbonyl (C=O) groups is 2. The molecule has 3 rings (SSSR count). The minimum atomic E-state index is -0.0839. The average Bonchev–Trinajstić information content (AvgIpc) is 3.45. The van der Waals surface area contributed by atoms with E-state index in [1.54, 1.807) is 11.8 Å². The summed E-state index contributed by atoms with van der Waals surface area (Å²) in [5.74, 6) is 1.07. The van der Waals surface area contributed by atoms with Crippen LogP contribution in [0.5, 0.6) is 0 Å². The Hall–Kier alpha value is -1.53. The molecule has 1 aromatic carbocycles. The van der Waals surface area contributed by atoms with Gasteiger partial charge in [0.2, 0.25) is 5.91 Å². The van der Waals surface area contributed by atoms with Crippen molar-refractivity contribution in [3.63, 3.8) is 0 Å². The van der Waals surface area contributed by atoms with E-state index in [1.165, 1.54) is 0 Å². The molecule has 1 heterocycles. The summed E-state index contributed by atoms with van der Waals surface area (Å²) in [6.45, 7) is 1.59. The molecule has 1 saturated carbocycles. The van der Waals surface area contributed by atoms with E-state index in [9.17, 15) is 9.59 Å². The predicted molar refractivity (Wildman–Crippen MR) is 94.0 cm³/mol. The topological polar surface area (TPSA) is 69.6 Å². The number of aliphatic hydroxyl groups is 1. The van der Waals surface area contributed by atoms with Crippen LogP contribution in [0, 0.1) is 5.92 Å². The lowest BCUT2D eigenvalue weighted by Gasteiger charge is -2.33. The van der Waals surface area contributed by atoms with Gasteiger partial charge in [-0.3, -0.25) is 9.59 Å². The van der Waals surface area contributed by atoms with Crippen LogP contribution >= 0.6 is 11.8 Å². The molecule has 2 amide bonds. The maximum Gasteiger partial charge on any atom is 0.251 e. The average molecular weight is 348 g/mol. The second-order valence-electron chi connectivity index (χ2n) is 6.47. The summed E-state index contributed by atoms with van der Waals surface area (Å²) in [6.07, 6.45) is 3.91. The van der Waals surface area contributed by atoms with Crippen molar-refractivity contribution >= 4 is 23.6 Å². The number of benzene rings is 1. The molecule has 1 saturated heterocycles. The molecule has 1 aliphatic heterocycles. The van der Waals surface area contributed by atoms with Crippen LogP contribution in [-0.2, 0) is 4.79 Å². The Bertz CT molecular complexity index is 586. The van der Waals surface area contributed by atoms with Gasteiger partial charge in [-0.2, -0.15) is 0 Å². The summed E-state index contributed by atoms with van der Waals surface area (Å²) in [5.41, 5.74) is 0.633. The number of rotatable bonds is 6. The predicted octanol–water partition coefficient (Wildman–Crippen LogP) is 1.90. The van der Waals surface area contributed by atoms with E-state index < -0.39 is 0 Å². The normalized spacial score (nSPS) is 20.7. The quantitative estimate of drug-likeness (QED) is 0.771. The fourth-order valence-corrected chi connectivity index (χ4v) is 3.67. The number of likely N-dealkylation sites (tertiary alicyclic amines) is 1. The Morgan fingerprint density at radius 2 is 1.96 bits per heavy atom. The van der Waals surface area contributed by atoms with Gasteiger partial charge in [-0.15, -0.1) is 11.8 Å². The zero-order valence-electron chi connectivity index (χ0n) is 13.7. The number of hydrogen-bond acceptors (Lipinski definition) is 4. The third-order valence-corrected chi connectivity index (χ3v) is 5.46. The number of piperidine rings is 1. The van der Waals surface area contributed by atoms with E-state index in [0.717, 1.165) is 37.1 Å². The Morgan fingerprint density at radius 1 is 1.21 bits per heavy atom. The molecule has 24 heavy (non-hydrogen) atoms. The van der Waals surface area contributed by atoms with E-state index >= 15 is 0 Å². The molecule has 0 unspecified atom stereocenters. The van der Waals surface area contributed by atoms with Gasteiger partial charge in [-0.05, 0) is 49.9 Å². The number of nitrogens with zero attached hydrogens (tertiary/aromatic N) is 1. The third-order valence-electron chi connectivity index (χ3n) is 4.47. The number of thioether (sulfide) groups is 1. The van der Waals surface area contributed by atoms with Crippen LogP contribution in [0.1, 0.15) is 36.0 Å². The van der Waals surface area contributed by atoms with Crippen LogP contribution in [0.3, 0.4) is 0 Å². The van der Waals surface area contributed by atoms with Crippen LogP contribution in [0.25, 0.3) is 0 Å². The molecule has 0 bridgehead atoms. The second-order valence-corrected chi connectivity index (χ2v) is 7.64. The molecule has 0 radical (unpaired) electrons. The third kappa shape index (κ3) is 4.51. The first-order chi connectivity index (χ1) is 11.7. The first kappa shape index (κ1) is 17.3. The summed E-state index contributed by atoms with van der Waals surface area (Å²) in [6, 6.07) is 7.46. The van der Waals surface area contributed by atoms with E-state index in [0.29, 0.717) is 17.9 Å². The fraction of sp³-hybridized carbons (Fsp3) is 0.556. The van der Waals surface area contributed by atoms with Gasteiger partial charge in [-0.25, -0.2) is 0 Å². The number of carbonyl (C=O) groups excluding carboxylic acids is 2. The minimum Gasteiger partial charge on any atom is -0.396 e. The molecule has 2 fully saturated rings. The molecule has 2 N–H and O–H groups in total. The Kier molecular flexibility index (Phi) is 5.79. The van der Waals surface area contributed by atoms with E-state index in [4.69, 9.17) is 5.11 Å². The van der Waals surface area contributed by atoms with Crippen molar-refractivity contribution in [1.29, 1.82) is 0 Å². The lowest BCUT2D eigenvalue weighted by Crippen LogP contribution is -2.50. The zero-order valence-corrected chi connectivity index (χ0v) is 14.6. The highest BCUT2D eigenvalue weighted by Crippen LogP contribution is 2.31. The van der Waals surface area contributed by atoms with E-state index in [2.05, 4.69) is 5.32 Å². The van der Waals surface area contributed by atoms with Crippen molar-refractivity contribution < 1.29 is 14.7 Å². The maximum atomic E-state index is 12.4. The molecule has 5 nitrogen and oxygen atoms in total. The lowest BCUT2D eigenvalue weighted by molar-refractivity contribution is -0.133. The number of aliphatic hydroxyl groups excluding tert-OH is 1. The van der Waals surface area contributed by atoms with Crippen LogP contribution in [0.4, 0.5) is 0 Å². The molecule has 0 spiro atoms. The Balaban J connectivity index is 1.52. The van der Waals surface area contributed by atoms with Crippen molar-refractivity contribution in [1.82, 2.24) is 10.2 Å². The summed E-state index contributed by atoms with van der Waals surface area (Å²) in [4.78, 5) is 27.5. The summed E-state index contributed by atoms with van der Waals surface area (Å²) in [5, 5.41) is 11.9. The van der Waals surface area contributed by atoms with Gasteiger partial charge < -0.3 is 15.3 Å². The van der Waals surface area contributed by atoms with Crippen molar-refractivity contribution in [3.05, 3.63) is 29.8 Å². The van der Waals surface area contributed by atoms with E-state index in [-0.39, 0.29) is 30.4 Å². The van der Waals surface area contributed by atoms with Gasteiger partial charge in [0.05, 0.1) is 6.61 Å². The summed E-state index contributed by atoms with van der Waals surface area (Å²) >= 11 is 1.56. The standard InChI is InChI=1S/C18H24N2O3S/c21-10-11-24-16-7-5-13(6-8-16)17(22)19-15-2-1-9-20(12-15)18(23)14-3-4-14/h5-8,14-15,21H,1-4,9-12H2,(H,19,22)/t15-/m0/s1. The van der Waals surface area contributed by atoms with Crippen LogP contribution in [-0.4, -0.2) is 53.3 Å². The van der Waals surface area contributed by atoms with E-state index in [1.807, 2.05) is 29.2 Å². The molecule has 1 aliphatic carbocycles. The molecule has 6 heteroatoms. The molecular weight excluding hydrogens is 324 g/mol. The monoisotopic (exact) mass is 348 g/mol. The summed E-state index contributed by atoms with van der Waals surface area (Å²) < 4.78 is 0. The molecule has 0 aromatic heterocycles. The van der Waals surface area contributed by atoms with Crippen molar-refractivity contribution in [2.24, 2.45) is 5.92 Å². The van der Waals surface area contributed by atoms with Crippen LogP contribution < -0.4 is 5.32 Å². The highest BCUT2D eigenvalue weighted by molar-refractivity contribution is 7.99. The number of hydrogen-bond donors (Lipinski definition) is 2. The minimum absolute atomic E-state index is 0.0393. The first-order valence-corrected chi connectivity index (χ1v) is 9.59. The highest BCUT2D eigenvalue weighted by atomic mass is 32.2. The molecule has 2 aliphatic rings. The number of nitrogens with one attached hydrogen (secondary N) is 1. The van der Waals surface area contributed by atoms with Crippen molar-refractivity contribution in [3.8, 4) is 0 Å². The van der Waals surface area contributed by atoms with Crippen molar-refractivity contribution in [2.75, 3.05) is 25.4 Å². The smallest absolute Gasteiger partial charge is 0.251 e. The van der Waals surface area contributed by atoms with Gasteiger partial charge >= 0.3 is 0 Å². The van der Waals surface area contributed by atoms with Gasteiger partial charge in [-0.1, -0.05) is 0 Å². The Morgan fingerprint density at radius 3 is 2.62 bits per heavy atom.